The van der Waals surface area contributed by atoms with E-state index in [4.69, 9.17) is 5.11 Å². The predicted molar refractivity (Wildman–Crippen MR) is 77.7 cm³/mol. The second-order valence-electron chi connectivity index (χ2n) is 5.66. The number of carboxylic acid groups (broad SMARTS) is 1. The fourth-order valence-electron chi connectivity index (χ4n) is 2.53. The van der Waals surface area contributed by atoms with Crippen LogP contribution < -0.4 is 4.90 Å². The summed E-state index contributed by atoms with van der Waals surface area (Å²) in [5, 5.41) is 9.04. The number of carboxylic acids is 1. The molecule has 0 heterocycles. The molecule has 1 aliphatic carbocycles. The first-order chi connectivity index (χ1) is 9.30. The van der Waals surface area contributed by atoms with Gasteiger partial charge in [-0.05, 0) is 25.0 Å². The van der Waals surface area contributed by atoms with Crippen LogP contribution in [0.3, 0.4) is 0 Å². The van der Waals surface area contributed by atoms with Crippen LogP contribution in [-0.2, 0) is 14.6 Å². The molecular weight excluding hydrogens is 278 g/mol. The fraction of sp³-hybridized carbons (Fsp3) is 0.500. The fourth-order valence-corrected chi connectivity index (χ4v) is 4.02. The molecule has 6 heteroatoms. The Morgan fingerprint density at radius 3 is 2.35 bits per heavy atom. The largest absolute Gasteiger partial charge is 0.480 e. The summed E-state index contributed by atoms with van der Waals surface area (Å²) < 4.78 is 23.0. The molecule has 1 aromatic carbocycles. The Hall–Kier alpha value is -1.56. The van der Waals surface area contributed by atoms with Gasteiger partial charge in [-0.3, -0.25) is 4.79 Å². The molecule has 1 aromatic rings. The summed E-state index contributed by atoms with van der Waals surface area (Å²) in [5.41, 5.74) is 0.536. The number of para-hydroxylation sites is 1. The Balaban J connectivity index is 2.15. The zero-order valence-electron chi connectivity index (χ0n) is 11.4. The summed E-state index contributed by atoms with van der Waals surface area (Å²) in [6.45, 7) is 0.353. The van der Waals surface area contributed by atoms with E-state index < -0.39 is 15.8 Å². The van der Waals surface area contributed by atoms with E-state index in [0.717, 1.165) is 18.5 Å². The average Bonchev–Trinajstić information content (AvgIpc) is 3.06. The minimum absolute atomic E-state index is 0.116. The summed E-state index contributed by atoms with van der Waals surface area (Å²) in [7, 11) is -3.05. The molecule has 0 unspecified atom stereocenters. The van der Waals surface area contributed by atoms with Gasteiger partial charge in [-0.2, -0.15) is 0 Å². The van der Waals surface area contributed by atoms with E-state index in [9.17, 15) is 13.2 Å². The zero-order valence-corrected chi connectivity index (χ0v) is 12.3. The normalized spacial score (nSPS) is 16.6. The van der Waals surface area contributed by atoms with Crippen molar-refractivity contribution in [2.75, 3.05) is 30.0 Å². The molecule has 2 rings (SSSR count). The van der Waals surface area contributed by atoms with Gasteiger partial charge in [-0.1, -0.05) is 18.2 Å². The van der Waals surface area contributed by atoms with Gasteiger partial charge in [0.2, 0.25) is 0 Å². The highest BCUT2D eigenvalue weighted by Crippen LogP contribution is 2.47. The van der Waals surface area contributed by atoms with E-state index in [1.54, 1.807) is 4.90 Å². The molecule has 1 fully saturated rings. The lowest BCUT2D eigenvalue weighted by atomic mass is 10.1. The lowest BCUT2D eigenvalue weighted by Gasteiger charge is -2.27. The molecule has 0 amide bonds. The van der Waals surface area contributed by atoms with Crippen molar-refractivity contribution < 1.29 is 18.3 Å². The van der Waals surface area contributed by atoms with Crippen molar-refractivity contribution in [3.05, 3.63) is 30.3 Å². The zero-order chi connectivity index (χ0) is 14.8. The Morgan fingerprint density at radius 2 is 1.90 bits per heavy atom. The lowest BCUT2D eigenvalue weighted by Crippen LogP contribution is -2.37. The quantitative estimate of drug-likeness (QED) is 0.823. The third-order valence-electron chi connectivity index (χ3n) is 3.50. The minimum Gasteiger partial charge on any atom is -0.480 e. The number of anilines is 1. The van der Waals surface area contributed by atoms with Gasteiger partial charge in [0.1, 0.15) is 16.4 Å². The van der Waals surface area contributed by atoms with Gasteiger partial charge in [0.15, 0.2) is 0 Å². The summed E-state index contributed by atoms with van der Waals surface area (Å²) >= 11 is 0. The van der Waals surface area contributed by atoms with Crippen LogP contribution in [0.1, 0.15) is 12.8 Å². The monoisotopic (exact) mass is 297 g/mol. The molecule has 5 nitrogen and oxygen atoms in total. The van der Waals surface area contributed by atoms with Gasteiger partial charge in [0, 0.05) is 23.9 Å². The van der Waals surface area contributed by atoms with Crippen molar-refractivity contribution in [3.63, 3.8) is 0 Å². The Labute approximate surface area is 119 Å². The van der Waals surface area contributed by atoms with E-state index in [-0.39, 0.29) is 17.7 Å². The molecule has 20 heavy (non-hydrogen) atoms. The Bertz CT molecular complexity index is 578. The number of benzene rings is 1. The lowest BCUT2D eigenvalue weighted by molar-refractivity contribution is -0.135. The molecule has 0 aliphatic heterocycles. The third-order valence-corrected chi connectivity index (χ3v) is 4.64. The van der Waals surface area contributed by atoms with Crippen LogP contribution in [-0.4, -0.2) is 44.6 Å². The van der Waals surface area contributed by atoms with Gasteiger partial charge in [0.25, 0.3) is 0 Å². The van der Waals surface area contributed by atoms with Crippen LogP contribution in [0.4, 0.5) is 5.69 Å². The predicted octanol–water partition coefficient (Wildman–Crippen LogP) is 1.40. The molecular formula is C14H19NO4S. The summed E-state index contributed by atoms with van der Waals surface area (Å²) in [4.78, 5) is 12.8. The van der Waals surface area contributed by atoms with Crippen LogP contribution in [0.25, 0.3) is 0 Å². The molecule has 0 radical (unpaired) electrons. The SMILES string of the molecule is CS(=O)(=O)CC1(CN(CC(=O)O)c2ccccc2)CC1. The van der Waals surface area contributed by atoms with Crippen molar-refractivity contribution in [1.29, 1.82) is 0 Å². The summed E-state index contributed by atoms with van der Waals surface area (Å²) in [6.07, 6.45) is 2.91. The molecule has 1 aliphatic rings. The smallest absolute Gasteiger partial charge is 0.323 e. The van der Waals surface area contributed by atoms with Crippen molar-refractivity contribution >= 4 is 21.5 Å². The Morgan fingerprint density at radius 1 is 1.30 bits per heavy atom. The van der Waals surface area contributed by atoms with Gasteiger partial charge >= 0.3 is 5.97 Å². The average molecular weight is 297 g/mol. The number of hydrogen-bond donors (Lipinski definition) is 1. The van der Waals surface area contributed by atoms with Crippen LogP contribution in [0, 0.1) is 5.41 Å². The van der Waals surface area contributed by atoms with Gasteiger partial charge in [-0.25, -0.2) is 8.42 Å². The molecule has 0 spiro atoms. The molecule has 1 N–H and O–H groups in total. The molecule has 110 valence electrons. The standard InChI is InChI=1S/C14H19NO4S/c1-20(18,19)11-14(7-8-14)10-15(9-13(16)17)12-5-3-2-4-6-12/h2-6H,7-11H2,1H3,(H,16,17). The first-order valence-electron chi connectivity index (χ1n) is 6.49. The van der Waals surface area contributed by atoms with Gasteiger partial charge in [-0.15, -0.1) is 0 Å². The maximum Gasteiger partial charge on any atom is 0.323 e. The van der Waals surface area contributed by atoms with E-state index in [2.05, 4.69) is 0 Å². The second kappa shape index (κ2) is 5.44. The molecule has 0 saturated heterocycles. The minimum atomic E-state index is -3.05. The number of hydrogen-bond acceptors (Lipinski definition) is 4. The first-order valence-corrected chi connectivity index (χ1v) is 8.55. The highest BCUT2D eigenvalue weighted by Gasteiger charge is 2.46. The number of rotatable bonds is 7. The van der Waals surface area contributed by atoms with Gasteiger partial charge < -0.3 is 10.0 Å². The summed E-state index contributed by atoms with van der Waals surface area (Å²) in [5.74, 6) is -0.785. The van der Waals surface area contributed by atoms with Crippen molar-refractivity contribution in [2.45, 2.75) is 12.8 Å². The van der Waals surface area contributed by atoms with E-state index >= 15 is 0 Å². The molecule has 0 bridgehead atoms. The first kappa shape index (κ1) is 14.8. The molecule has 1 saturated carbocycles. The Kier molecular flexibility index (Phi) is 4.04. The van der Waals surface area contributed by atoms with Crippen LogP contribution >= 0.6 is 0 Å². The number of sulfone groups is 1. The molecule has 0 aromatic heterocycles. The maximum atomic E-state index is 11.5. The van der Waals surface area contributed by atoms with E-state index in [0.29, 0.717) is 6.54 Å². The topological polar surface area (TPSA) is 74.7 Å². The van der Waals surface area contributed by atoms with Crippen LogP contribution in [0.2, 0.25) is 0 Å². The number of carbonyl (C=O) groups is 1. The third kappa shape index (κ3) is 4.23. The van der Waals surface area contributed by atoms with E-state index in [1.807, 2.05) is 30.3 Å². The second-order valence-corrected chi connectivity index (χ2v) is 7.80. The van der Waals surface area contributed by atoms with Crippen molar-refractivity contribution in [3.8, 4) is 0 Å². The van der Waals surface area contributed by atoms with Crippen molar-refractivity contribution in [2.24, 2.45) is 5.41 Å². The van der Waals surface area contributed by atoms with Crippen LogP contribution in [0.15, 0.2) is 30.3 Å². The van der Waals surface area contributed by atoms with Gasteiger partial charge in [0.05, 0.1) is 5.75 Å². The number of nitrogens with zero attached hydrogens (tertiary/aromatic N) is 1. The number of aliphatic carboxylic acids is 1. The highest BCUT2D eigenvalue weighted by molar-refractivity contribution is 7.90. The molecule has 0 atom stereocenters. The maximum absolute atomic E-state index is 11.5. The summed E-state index contributed by atoms with van der Waals surface area (Å²) in [6, 6.07) is 9.26. The van der Waals surface area contributed by atoms with Crippen LogP contribution in [0.5, 0.6) is 0 Å². The van der Waals surface area contributed by atoms with Crippen molar-refractivity contribution in [1.82, 2.24) is 0 Å². The van der Waals surface area contributed by atoms with E-state index in [1.165, 1.54) is 6.26 Å². The highest BCUT2D eigenvalue weighted by atomic mass is 32.2.